The molecule has 1 aliphatic heterocycles. The van der Waals surface area contributed by atoms with Crippen LogP contribution < -0.4 is 5.32 Å². The van der Waals surface area contributed by atoms with Gasteiger partial charge in [0.25, 0.3) is 5.76 Å². The van der Waals surface area contributed by atoms with Gasteiger partial charge in [-0.2, -0.15) is 13.9 Å². The molecule has 0 spiro atoms. The molecular formula is C24H21F3N4OS2. The third-order valence-corrected chi connectivity index (χ3v) is 7.05. The first kappa shape index (κ1) is 24.2. The number of nitrogens with one attached hydrogen (secondary N) is 1. The third-order valence-electron chi connectivity index (χ3n) is 5.26. The molecule has 0 radical (unpaired) electrons. The fourth-order valence-electron chi connectivity index (χ4n) is 3.67. The molecule has 1 aromatic heterocycles. The molecule has 1 atom stereocenters. The number of hydrogen-bond acceptors (Lipinski definition) is 5. The highest BCUT2D eigenvalue weighted by Crippen LogP contribution is 2.28. The minimum absolute atomic E-state index is 0.178. The van der Waals surface area contributed by atoms with Crippen molar-refractivity contribution < 1.29 is 18.0 Å². The van der Waals surface area contributed by atoms with E-state index in [4.69, 9.17) is 0 Å². The molecule has 4 rings (SSSR count). The van der Waals surface area contributed by atoms with E-state index >= 15 is 0 Å². The van der Waals surface area contributed by atoms with E-state index in [1.165, 1.54) is 17.8 Å². The molecule has 1 saturated heterocycles. The molecule has 0 unspecified atom stereocenters. The first-order valence-electron chi connectivity index (χ1n) is 10.4. The number of aromatic nitrogens is 1. The summed E-state index contributed by atoms with van der Waals surface area (Å²) in [5.74, 6) is -2.96. The number of thioether (sulfide) groups is 2. The standard InChI is InChI=1S/C24H21F3N4OS2/c1-14-11-17(15(2)31(14)20-6-4-3-5-19(20)25)13-28-30-24-29-22(32)21(34-24)12-16-7-9-18(10-8-16)33-23(26)27/h3-11,13,21,23H,12H2,1-2H3,(H,29,30,32)/b28-13-/t21-/m0/s1. The molecule has 1 N–H and O–H groups in total. The van der Waals surface area contributed by atoms with Crippen LogP contribution in [0.4, 0.5) is 13.2 Å². The van der Waals surface area contributed by atoms with Crippen LogP contribution in [0.25, 0.3) is 5.69 Å². The number of nitrogens with zero attached hydrogens (tertiary/aromatic N) is 3. The molecule has 0 saturated carbocycles. The number of carbonyl (C=O) groups excluding carboxylic acids is 1. The van der Waals surface area contributed by atoms with Crippen LogP contribution in [-0.2, 0) is 11.2 Å². The Bertz CT molecular complexity index is 1260. The second-order valence-corrected chi connectivity index (χ2v) is 9.84. The maximum absolute atomic E-state index is 14.2. The minimum Gasteiger partial charge on any atom is -0.315 e. The molecule has 0 bridgehead atoms. The number of para-hydroxylation sites is 1. The predicted molar refractivity (Wildman–Crippen MR) is 132 cm³/mol. The summed E-state index contributed by atoms with van der Waals surface area (Å²) < 4.78 is 41.0. The van der Waals surface area contributed by atoms with Crippen molar-refractivity contribution in [1.82, 2.24) is 9.88 Å². The zero-order chi connectivity index (χ0) is 24.2. The van der Waals surface area contributed by atoms with Gasteiger partial charge in [0.2, 0.25) is 5.91 Å². The lowest BCUT2D eigenvalue weighted by Gasteiger charge is -2.10. The lowest BCUT2D eigenvalue weighted by atomic mass is 10.1. The summed E-state index contributed by atoms with van der Waals surface area (Å²) in [5.41, 5.74) is 3.80. The molecule has 2 heterocycles. The Morgan fingerprint density at radius 2 is 1.91 bits per heavy atom. The van der Waals surface area contributed by atoms with Gasteiger partial charge in [-0.15, -0.1) is 5.10 Å². The molecule has 5 nitrogen and oxygen atoms in total. The van der Waals surface area contributed by atoms with Crippen molar-refractivity contribution in [3.05, 3.63) is 82.9 Å². The van der Waals surface area contributed by atoms with Crippen LogP contribution in [0, 0.1) is 19.7 Å². The van der Waals surface area contributed by atoms with Crippen molar-refractivity contribution in [2.45, 2.75) is 36.2 Å². The Kier molecular flexibility index (Phi) is 7.47. The van der Waals surface area contributed by atoms with E-state index in [0.29, 0.717) is 33.9 Å². The molecule has 1 amide bonds. The number of halogens is 3. The maximum atomic E-state index is 14.2. The maximum Gasteiger partial charge on any atom is 0.288 e. The molecule has 1 aliphatic rings. The van der Waals surface area contributed by atoms with E-state index in [1.807, 2.05) is 24.5 Å². The van der Waals surface area contributed by atoms with Gasteiger partial charge in [-0.05, 0) is 56.2 Å². The van der Waals surface area contributed by atoms with E-state index in [9.17, 15) is 18.0 Å². The van der Waals surface area contributed by atoms with Crippen LogP contribution in [0.5, 0.6) is 0 Å². The monoisotopic (exact) mass is 502 g/mol. The van der Waals surface area contributed by atoms with Crippen molar-refractivity contribution in [1.29, 1.82) is 0 Å². The molecule has 3 aromatic rings. The van der Waals surface area contributed by atoms with Crippen molar-refractivity contribution in [3.8, 4) is 5.69 Å². The quantitative estimate of drug-likeness (QED) is 0.256. The van der Waals surface area contributed by atoms with Crippen LogP contribution in [-0.4, -0.2) is 32.9 Å². The van der Waals surface area contributed by atoms with Crippen LogP contribution >= 0.6 is 23.5 Å². The van der Waals surface area contributed by atoms with Gasteiger partial charge in [0.15, 0.2) is 5.17 Å². The highest BCUT2D eigenvalue weighted by Gasteiger charge is 2.30. The number of amides is 1. The lowest BCUT2D eigenvalue weighted by molar-refractivity contribution is -0.118. The van der Waals surface area contributed by atoms with Crippen LogP contribution in [0.15, 0.2) is 69.7 Å². The number of alkyl halides is 2. The molecule has 34 heavy (non-hydrogen) atoms. The minimum atomic E-state index is -2.47. The summed E-state index contributed by atoms with van der Waals surface area (Å²) in [7, 11) is 0. The summed E-state index contributed by atoms with van der Waals surface area (Å²) in [5, 5.41) is 11.0. The number of carbonyl (C=O) groups is 1. The van der Waals surface area contributed by atoms with Crippen LogP contribution in [0.1, 0.15) is 22.5 Å². The van der Waals surface area contributed by atoms with Gasteiger partial charge >= 0.3 is 0 Å². The molecular weight excluding hydrogens is 481 g/mol. The number of rotatable bonds is 7. The second kappa shape index (κ2) is 10.5. The summed E-state index contributed by atoms with van der Waals surface area (Å²) in [4.78, 5) is 12.8. The topological polar surface area (TPSA) is 58.8 Å². The van der Waals surface area contributed by atoms with E-state index < -0.39 is 5.76 Å². The van der Waals surface area contributed by atoms with Gasteiger partial charge in [0.05, 0.1) is 17.2 Å². The Hall–Kier alpha value is -2.98. The summed E-state index contributed by atoms with van der Waals surface area (Å²) in [6.07, 6.45) is 2.02. The van der Waals surface area contributed by atoms with Crippen LogP contribution in [0.2, 0.25) is 0 Å². The highest BCUT2D eigenvalue weighted by atomic mass is 32.2. The van der Waals surface area contributed by atoms with E-state index in [0.717, 1.165) is 22.5 Å². The van der Waals surface area contributed by atoms with Gasteiger partial charge in [0, 0.05) is 21.8 Å². The van der Waals surface area contributed by atoms with Crippen LogP contribution in [0.3, 0.4) is 0 Å². The average Bonchev–Trinajstić information content (AvgIpc) is 3.27. The number of aryl methyl sites for hydroxylation is 1. The summed E-state index contributed by atoms with van der Waals surface area (Å²) in [6, 6.07) is 15.2. The number of benzene rings is 2. The first-order valence-corrected chi connectivity index (χ1v) is 12.1. The molecule has 10 heteroatoms. The van der Waals surface area contributed by atoms with E-state index in [-0.39, 0.29) is 17.0 Å². The summed E-state index contributed by atoms with van der Waals surface area (Å²) in [6.45, 7) is 3.76. The van der Waals surface area contributed by atoms with Crippen molar-refractivity contribution >= 4 is 40.8 Å². The average molecular weight is 503 g/mol. The third kappa shape index (κ3) is 5.56. The Morgan fingerprint density at radius 1 is 1.18 bits per heavy atom. The highest BCUT2D eigenvalue weighted by molar-refractivity contribution is 8.15. The molecule has 0 aliphatic carbocycles. The first-order chi connectivity index (χ1) is 16.3. The fourth-order valence-corrected chi connectivity index (χ4v) is 5.14. The Labute approximate surface area is 203 Å². The van der Waals surface area contributed by atoms with Gasteiger partial charge in [-0.25, -0.2) is 4.39 Å². The zero-order valence-corrected chi connectivity index (χ0v) is 20.0. The van der Waals surface area contributed by atoms with Gasteiger partial charge < -0.3 is 9.88 Å². The molecule has 1 fully saturated rings. The predicted octanol–water partition coefficient (Wildman–Crippen LogP) is 5.71. The van der Waals surface area contributed by atoms with E-state index in [2.05, 4.69) is 15.5 Å². The zero-order valence-electron chi connectivity index (χ0n) is 18.3. The summed E-state index contributed by atoms with van der Waals surface area (Å²) >= 11 is 1.76. The molecule has 176 valence electrons. The van der Waals surface area contributed by atoms with Crippen molar-refractivity contribution in [2.75, 3.05) is 0 Å². The Balaban J connectivity index is 1.42. The number of hydrogen-bond donors (Lipinski definition) is 1. The number of amidine groups is 1. The van der Waals surface area contributed by atoms with Crippen molar-refractivity contribution in [3.63, 3.8) is 0 Å². The largest absolute Gasteiger partial charge is 0.315 e. The lowest BCUT2D eigenvalue weighted by Crippen LogP contribution is -2.25. The second-order valence-electron chi connectivity index (χ2n) is 7.59. The smallest absolute Gasteiger partial charge is 0.288 e. The molecule has 2 aromatic carbocycles. The van der Waals surface area contributed by atoms with Gasteiger partial charge in [-0.1, -0.05) is 47.8 Å². The van der Waals surface area contributed by atoms with Gasteiger partial charge in [-0.3, -0.25) is 4.79 Å². The normalized spacial score (nSPS) is 17.3. The van der Waals surface area contributed by atoms with E-state index in [1.54, 1.807) is 48.7 Å². The van der Waals surface area contributed by atoms with Crippen molar-refractivity contribution in [2.24, 2.45) is 10.2 Å². The Morgan fingerprint density at radius 3 is 2.62 bits per heavy atom. The SMILES string of the molecule is Cc1cc(/C=N\N=C2\NC(=O)[C@H](Cc3ccc(SC(F)F)cc3)S2)c(C)n1-c1ccccc1F. The fraction of sp³-hybridized carbons (Fsp3) is 0.208. The van der Waals surface area contributed by atoms with Gasteiger partial charge in [0.1, 0.15) is 5.82 Å².